The molecule has 0 aromatic heterocycles. The van der Waals surface area contributed by atoms with Gasteiger partial charge in [0.15, 0.2) is 0 Å². The van der Waals surface area contributed by atoms with Gasteiger partial charge in [-0.3, -0.25) is 0 Å². The molecule has 0 nitrogen and oxygen atoms in total. The molecule has 0 N–H and O–H groups in total. The van der Waals surface area contributed by atoms with Crippen LogP contribution in [0.3, 0.4) is 0 Å². The number of fused-ring (bicyclic) bond motifs is 1. The number of hydrogen-bond donors (Lipinski definition) is 0. The zero-order valence-corrected chi connectivity index (χ0v) is 15.7. The quantitative estimate of drug-likeness (QED) is 0.490. The maximum Gasteiger partial charge on any atom is 0.142 e. The standard InChI is InChI=1S/C23H29F/c1-8-10-13-16(3)18(9-2)21-17(4)22(5,6)23(7,24)20-15-12-11-14-19(20)21/h8-10,13-15H,1-2,11-12H2,3-7H3/b13-10-,18-16-. The van der Waals surface area contributed by atoms with Crippen molar-refractivity contribution in [3.05, 3.63) is 83.1 Å². The van der Waals surface area contributed by atoms with Crippen molar-refractivity contribution < 1.29 is 4.39 Å². The van der Waals surface area contributed by atoms with Crippen LogP contribution in [-0.2, 0) is 0 Å². The Morgan fingerprint density at radius 2 is 1.79 bits per heavy atom. The third-order valence-electron chi connectivity index (χ3n) is 5.80. The van der Waals surface area contributed by atoms with E-state index < -0.39 is 11.1 Å². The van der Waals surface area contributed by atoms with E-state index in [2.05, 4.69) is 39.2 Å². The first-order chi connectivity index (χ1) is 11.2. The van der Waals surface area contributed by atoms with Gasteiger partial charge in [-0.2, -0.15) is 0 Å². The lowest BCUT2D eigenvalue weighted by Crippen LogP contribution is -2.45. The average molecular weight is 324 g/mol. The molecule has 1 atom stereocenters. The molecule has 0 amide bonds. The summed E-state index contributed by atoms with van der Waals surface area (Å²) < 4.78 is 15.8. The van der Waals surface area contributed by atoms with Gasteiger partial charge in [0.05, 0.1) is 0 Å². The molecule has 0 heterocycles. The Balaban J connectivity index is 2.82. The molecule has 1 unspecified atom stereocenters. The summed E-state index contributed by atoms with van der Waals surface area (Å²) in [6.45, 7) is 17.6. The van der Waals surface area contributed by atoms with E-state index in [-0.39, 0.29) is 0 Å². The minimum absolute atomic E-state index is 0.570. The van der Waals surface area contributed by atoms with E-state index in [1.807, 2.05) is 32.1 Å². The maximum absolute atomic E-state index is 15.8. The second kappa shape index (κ2) is 6.55. The Labute approximate surface area is 146 Å². The Kier molecular flexibility index (Phi) is 5.03. The van der Waals surface area contributed by atoms with E-state index in [9.17, 15) is 0 Å². The second-order valence-corrected chi connectivity index (χ2v) is 7.34. The van der Waals surface area contributed by atoms with E-state index in [1.165, 1.54) is 0 Å². The first-order valence-electron chi connectivity index (χ1n) is 8.64. The topological polar surface area (TPSA) is 0 Å². The molecule has 24 heavy (non-hydrogen) atoms. The Hall–Kier alpha value is -1.89. The minimum Gasteiger partial charge on any atom is -0.238 e. The van der Waals surface area contributed by atoms with Gasteiger partial charge in [0.2, 0.25) is 0 Å². The van der Waals surface area contributed by atoms with Gasteiger partial charge in [-0.1, -0.05) is 69.0 Å². The van der Waals surface area contributed by atoms with Crippen molar-refractivity contribution in [1.29, 1.82) is 0 Å². The summed E-state index contributed by atoms with van der Waals surface area (Å²) in [7, 11) is 0. The lowest BCUT2D eigenvalue weighted by molar-refractivity contribution is 0.0972. The molecule has 128 valence electrons. The van der Waals surface area contributed by atoms with Crippen LogP contribution in [0.15, 0.2) is 83.1 Å². The summed E-state index contributed by atoms with van der Waals surface area (Å²) >= 11 is 0. The average Bonchev–Trinajstić information content (AvgIpc) is 2.55. The molecule has 2 rings (SSSR count). The van der Waals surface area contributed by atoms with Crippen LogP contribution in [-0.4, -0.2) is 5.67 Å². The van der Waals surface area contributed by atoms with E-state index in [1.54, 1.807) is 13.0 Å². The Morgan fingerprint density at radius 3 is 2.38 bits per heavy atom. The summed E-state index contributed by atoms with van der Waals surface area (Å²) in [5.74, 6) is 0. The zero-order valence-electron chi connectivity index (χ0n) is 15.7. The van der Waals surface area contributed by atoms with Crippen LogP contribution in [0, 0.1) is 5.41 Å². The zero-order chi connectivity index (χ0) is 18.1. The van der Waals surface area contributed by atoms with Crippen LogP contribution in [0.4, 0.5) is 4.39 Å². The van der Waals surface area contributed by atoms with Crippen molar-refractivity contribution in [3.63, 3.8) is 0 Å². The minimum atomic E-state index is -1.37. The highest BCUT2D eigenvalue weighted by atomic mass is 19.1. The number of hydrogen-bond acceptors (Lipinski definition) is 0. The fourth-order valence-corrected chi connectivity index (χ4v) is 3.67. The molecule has 0 radical (unpaired) electrons. The number of allylic oxidation sites excluding steroid dienone is 12. The van der Waals surface area contributed by atoms with Crippen LogP contribution >= 0.6 is 0 Å². The monoisotopic (exact) mass is 324 g/mol. The van der Waals surface area contributed by atoms with Crippen molar-refractivity contribution in [1.82, 2.24) is 0 Å². The molecule has 0 aromatic rings. The SMILES string of the molecule is C=C/C=C\C(C)=C(\C=C)C1=C(C)C(C)(C)C(C)(F)C2=CCCC=C21. The Bertz CT molecular complexity index is 715. The molecule has 0 saturated carbocycles. The summed E-state index contributed by atoms with van der Waals surface area (Å²) in [6.07, 6.45) is 13.8. The van der Waals surface area contributed by atoms with Crippen molar-refractivity contribution >= 4 is 0 Å². The van der Waals surface area contributed by atoms with Crippen LogP contribution in [0.1, 0.15) is 47.5 Å². The fraction of sp³-hybridized carbons (Fsp3) is 0.391. The highest BCUT2D eigenvalue weighted by molar-refractivity contribution is 5.69. The second-order valence-electron chi connectivity index (χ2n) is 7.34. The van der Waals surface area contributed by atoms with Gasteiger partial charge in [-0.25, -0.2) is 4.39 Å². The van der Waals surface area contributed by atoms with Crippen LogP contribution < -0.4 is 0 Å². The summed E-state index contributed by atoms with van der Waals surface area (Å²) in [6, 6.07) is 0. The molecule has 0 spiro atoms. The van der Waals surface area contributed by atoms with Gasteiger partial charge in [0, 0.05) is 5.41 Å². The van der Waals surface area contributed by atoms with E-state index in [0.29, 0.717) is 0 Å². The third kappa shape index (κ3) is 2.70. The van der Waals surface area contributed by atoms with Crippen molar-refractivity contribution in [2.24, 2.45) is 5.41 Å². The molecule has 0 aliphatic heterocycles. The van der Waals surface area contributed by atoms with Gasteiger partial charge < -0.3 is 0 Å². The van der Waals surface area contributed by atoms with Crippen molar-refractivity contribution in [2.45, 2.75) is 53.1 Å². The highest BCUT2D eigenvalue weighted by Crippen LogP contribution is 2.56. The van der Waals surface area contributed by atoms with E-state index in [0.717, 1.165) is 46.3 Å². The maximum atomic E-state index is 15.8. The molecule has 0 saturated heterocycles. The highest BCUT2D eigenvalue weighted by Gasteiger charge is 2.51. The first kappa shape index (κ1) is 18.4. The van der Waals surface area contributed by atoms with Crippen LogP contribution in [0.25, 0.3) is 0 Å². The summed E-state index contributed by atoms with van der Waals surface area (Å²) in [4.78, 5) is 0. The number of rotatable bonds is 4. The molecule has 1 heteroatoms. The summed E-state index contributed by atoms with van der Waals surface area (Å²) in [5, 5.41) is 0. The molecular formula is C23H29F. The molecular weight excluding hydrogens is 295 g/mol. The van der Waals surface area contributed by atoms with Gasteiger partial charge in [0.1, 0.15) is 5.67 Å². The van der Waals surface area contributed by atoms with Gasteiger partial charge in [-0.05, 0) is 61.5 Å². The molecule has 0 fully saturated rings. The smallest absolute Gasteiger partial charge is 0.142 e. The van der Waals surface area contributed by atoms with Gasteiger partial charge >= 0.3 is 0 Å². The fourth-order valence-electron chi connectivity index (χ4n) is 3.67. The molecule has 2 aliphatic rings. The van der Waals surface area contributed by atoms with E-state index >= 15 is 4.39 Å². The molecule has 0 aromatic carbocycles. The van der Waals surface area contributed by atoms with Crippen LogP contribution in [0.2, 0.25) is 0 Å². The lowest BCUT2D eigenvalue weighted by Gasteiger charge is -2.48. The lowest BCUT2D eigenvalue weighted by atomic mass is 9.58. The number of alkyl halides is 1. The first-order valence-corrected chi connectivity index (χ1v) is 8.64. The third-order valence-corrected chi connectivity index (χ3v) is 5.80. The molecule has 2 aliphatic carbocycles. The Morgan fingerprint density at radius 1 is 1.17 bits per heavy atom. The van der Waals surface area contributed by atoms with Gasteiger partial charge in [-0.15, -0.1) is 0 Å². The predicted octanol–water partition coefficient (Wildman–Crippen LogP) is 6.96. The normalized spacial score (nSPS) is 27.2. The van der Waals surface area contributed by atoms with Crippen molar-refractivity contribution in [3.8, 4) is 0 Å². The summed E-state index contributed by atoms with van der Waals surface area (Å²) in [5.41, 5.74) is 4.35. The van der Waals surface area contributed by atoms with Gasteiger partial charge in [0.25, 0.3) is 0 Å². The predicted molar refractivity (Wildman–Crippen MR) is 104 cm³/mol. The van der Waals surface area contributed by atoms with E-state index in [4.69, 9.17) is 0 Å². The molecule has 0 bridgehead atoms. The van der Waals surface area contributed by atoms with Crippen LogP contribution in [0.5, 0.6) is 0 Å². The van der Waals surface area contributed by atoms with Crippen molar-refractivity contribution in [2.75, 3.05) is 0 Å². The number of halogens is 1. The largest absolute Gasteiger partial charge is 0.238 e.